The standard InChI is InChI=1S/C11H21NOS2/c1-3-10-5-4-9(2)12(8-10)11(14)15-7-6-13/h9-10,13H,3-8H2,1-2H3. The lowest BCUT2D eigenvalue weighted by Crippen LogP contribution is -2.43. The highest BCUT2D eigenvalue weighted by Gasteiger charge is 2.25. The number of thiocarbonyl (C=S) groups is 1. The largest absolute Gasteiger partial charge is 0.396 e. The molecule has 0 saturated carbocycles. The Morgan fingerprint density at radius 1 is 1.53 bits per heavy atom. The van der Waals surface area contributed by atoms with E-state index in [2.05, 4.69) is 18.7 Å². The van der Waals surface area contributed by atoms with Gasteiger partial charge in [0.25, 0.3) is 0 Å². The fourth-order valence-corrected chi connectivity index (χ4v) is 3.18. The van der Waals surface area contributed by atoms with Gasteiger partial charge in [0.1, 0.15) is 4.32 Å². The second-order valence-electron chi connectivity index (χ2n) is 4.19. The van der Waals surface area contributed by atoms with Crippen LogP contribution in [0.5, 0.6) is 0 Å². The molecule has 1 fully saturated rings. The number of hydrogen-bond acceptors (Lipinski definition) is 3. The van der Waals surface area contributed by atoms with E-state index in [-0.39, 0.29) is 6.61 Å². The van der Waals surface area contributed by atoms with Crippen LogP contribution >= 0.6 is 24.0 Å². The van der Waals surface area contributed by atoms with Gasteiger partial charge in [-0.05, 0) is 25.7 Å². The van der Waals surface area contributed by atoms with Crippen molar-refractivity contribution in [2.24, 2.45) is 5.92 Å². The minimum atomic E-state index is 0.213. The molecule has 0 bridgehead atoms. The first-order valence-corrected chi connectivity index (χ1v) is 7.12. The van der Waals surface area contributed by atoms with Crippen LogP contribution in [0.1, 0.15) is 33.1 Å². The highest BCUT2D eigenvalue weighted by Crippen LogP contribution is 2.26. The molecule has 1 N–H and O–H groups in total. The van der Waals surface area contributed by atoms with Gasteiger partial charge in [0.05, 0.1) is 6.61 Å². The molecule has 2 unspecified atom stereocenters. The molecule has 0 spiro atoms. The summed E-state index contributed by atoms with van der Waals surface area (Å²) >= 11 is 7.00. The van der Waals surface area contributed by atoms with Crippen molar-refractivity contribution in [3.63, 3.8) is 0 Å². The predicted octanol–water partition coefficient (Wildman–Crippen LogP) is 2.51. The Bertz CT molecular complexity index is 211. The van der Waals surface area contributed by atoms with Crippen LogP contribution in [0.3, 0.4) is 0 Å². The van der Waals surface area contributed by atoms with E-state index in [1.165, 1.54) is 19.3 Å². The van der Waals surface area contributed by atoms with Crippen molar-refractivity contribution in [2.45, 2.75) is 39.2 Å². The van der Waals surface area contributed by atoms with Crippen molar-refractivity contribution >= 4 is 28.3 Å². The Morgan fingerprint density at radius 2 is 2.27 bits per heavy atom. The van der Waals surface area contributed by atoms with Crippen LogP contribution in [0.2, 0.25) is 0 Å². The first-order chi connectivity index (χ1) is 7.19. The smallest absolute Gasteiger partial charge is 0.136 e. The fourth-order valence-electron chi connectivity index (χ4n) is 1.99. The Balaban J connectivity index is 2.46. The second kappa shape index (κ2) is 6.71. The molecule has 15 heavy (non-hydrogen) atoms. The van der Waals surface area contributed by atoms with Gasteiger partial charge in [-0.25, -0.2) is 0 Å². The number of aliphatic hydroxyl groups is 1. The van der Waals surface area contributed by atoms with E-state index in [1.54, 1.807) is 11.8 Å². The molecule has 0 aromatic carbocycles. The lowest BCUT2D eigenvalue weighted by Gasteiger charge is -2.39. The van der Waals surface area contributed by atoms with Crippen LogP contribution in [-0.2, 0) is 0 Å². The first-order valence-electron chi connectivity index (χ1n) is 5.73. The van der Waals surface area contributed by atoms with Crippen molar-refractivity contribution in [3.8, 4) is 0 Å². The maximum Gasteiger partial charge on any atom is 0.136 e. The van der Waals surface area contributed by atoms with Crippen molar-refractivity contribution in [1.29, 1.82) is 0 Å². The zero-order valence-electron chi connectivity index (χ0n) is 9.61. The van der Waals surface area contributed by atoms with Crippen LogP contribution < -0.4 is 0 Å². The summed E-state index contributed by atoms with van der Waals surface area (Å²) in [4.78, 5) is 2.34. The average Bonchev–Trinajstić information content (AvgIpc) is 2.26. The van der Waals surface area contributed by atoms with Crippen LogP contribution in [0, 0.1) is 5.92 Å². The molecule has 1 rings (SSSR count). The lowest BCUT2D eigenvalue weighted by atomic mass is 9.92. The topological polar surface area (TPSA) is 23.5 Å². The molecule has 1 saturated heterocycles. The summed E-state index contributed by atoms with van der Waals surface area (Å²) in [6, 6.07) is 0.575. The summed E-state index contributed by atoms with van der Waals surface area (Å²) in [5, 5.41) is 8.78. The molecular formula is C11H21NOS2. The van der Waals surface area contributed by atoms with Gasteiger partial charge in [-0.15, -0.1) is 0 Å². The summed E-state index contributed by atoms with van der Waals surface area (Å²) in [6.07, 6.45) is 3.83. The maximum atomic E-state index is 8.78. The zero-order chi connectivity index (χ0) is 11.3. The summed E-state index contributed by atoms with van der Waals surface area (Å²) in [5.41, 5.74) is 0. The molecule has 0 aromatic rings. The van der Waals surface area contributed by atoms with E-state index >= 15 is 0 Å². The molecule has 0 aromatic heterocycles. The van der Waals surface area contributed by atoms with Crippen molar-refractivity contribution < 1.29 is 5.11 Å². The number of hydrogen-bond donors (Lipinski definition) is 1. The second-order valence-corrected chi connectivity index (χ2v) is 5.92. The molecular weight excluding hydrogens is 226 g/mol. The highest BCUT2D eigenvalue weighted by molar-refractivity contribution is 8.22. The van der Waals surface area contributed by atoms with E-state index in [0.717, 1.165) is 22.5 Å². The van der Waals surface area contributed by atoms with Gasteiger partial charge in [0.15, 0.2) is 0 Å². The molecule has 2 atom stereocenters. The van der Waals surface area contributed by atoms with Gasteiger partial charge >= 0.3 is 0 Å². The van der Waals surface area contributed by atoms with Crippen LogP contribution in [0.25, 0.3) is 0 Å². The number of piperidine rings is 1. The normalized spacial score (nSPS) is 26.7. The Morgan fingerprint density at radius 3 is 2.87 bits per heavy atom. The van der Waals surface area contributed by atoms with Crippen LogP contribution in [0.15, 0.2) is 0 Å². The SMILES string of the molecule is CCC1CCC(C)N(C(=S)SCCO)C1. The van der Waals surface area contributed by atoms with Crippen LogP contribution in [-0.4, -0.2) is 39.3 Å². The first kappa shape index (κ1) is 13.3. The van der Waals surface area contributed by atoms with E-state index in [1.807, 2.05) is 0 Å². The third-order valence-corrected chi connectivity index (χ3v) is 4.56. The highest BCUT2D eigenvalue weighted by atomic mass is 32.2. The van der Waals surface area contributed by atoms with Gasteiger partial charge in [-0.2, -0.15) is 0 Å². The summed E-state index contributed by atoms with van der Waals surface area (Å²) in [7, 11) is 0. The average molecular weight is 247 g/mol. The number of thioether (sulfide) groups is 1. The summed E-state index contributed by atoms with van der Waals surface area (Å²) in [5.74, 6) is 1.52. The van der Waals surface area contributed by atoms with Crippen molar-refractivity contribution in [3.05, 3.63) is 0 Å². The van der Waals surface area contributed by atoms with Gasteiger partial charge in [-0.1, -0.05) is 37.3 Å². The van der Waals surface area contributed by atoms with Gasteiger partial charge < -0.3 is 10.0 Å². The Kier molecular flexibility index (Phi) is 5.94. The molecule has 0 amide bonds. The number of nitrogens with zero attached hydrogens (tertiary/aromatic N) is 1. The maximum absolute atomic E-state index is 8.78. The molecule has 4 heteroatoms. The molecule has 1 aliphatic heterocycles. The Hall–Kier alpha value is 0.200. The number of likely N-dealkylation sites (tertiary alicyclic amines) is 1. The van der Waals surface area contributed by atoms with E-state index in [0.29, 0.717) is 6.04 Å². The molecule has 0 radical (unpaired) electrons. The molecule has 1 aliphatic rings. The molecule has 0 aliphatic carbocycles. The quantitative estimate of drug-likeness (QED) is 0.774. The summed E-state index contributed by atoms with van der Waals surface area (Å²) < 4.78 is 0.967. The van der Waals surface area contributed by atoms with Crippen molar-refractivity contribution in [2.75, 3.05) is 18.9 Å². The van der Waals surface area contributed by atoms with E-state index in [9.17, 15) is 0 Å². The van der Waals surface area contributed by atoms with Gasteiger partial charge in [0, 0.05) is 18.3 Å². The minimum absolute atomic E-state index is 0.213. The predicted molar refractivity (Wildman–Crippen MR) is 71.3 cm³/mol. The third-order valence-electron chi connectivity index (χ3n) is 3.11. The van der Waals surface area contributed by atoms with Crippen molar-refractivity contribution in [1.82, 2.24) is 4.90 Å². The molecule has 1 heterocycles. The van der Waals surface area contributed by atoms with E-state index < -0.39 is 0 Å². The monoisotopic (exact) mass is 247 g/mol. The van der Waals surface area contributed by atoms with E-state index in [4.69, 9.17) is 17.3 Å². The number of rotatable bonds is 3. The fraction of sp³-hybridized carbons (Fsp3) is 0.909. The number of aliphatic hydroxyl groups excluding tert-OH is 1. The van der Waals surface area contributed by atoms with Gasteiger partial charge in [-0.3, -0.25) is 0 Å². The molecule has 2 nitrogen and oxygen atoms in total. The Labute approximate surface area is 102 Å². The minimum Gasteiger partial charge on any atom is -0.396 e. The van der Waals surface area contributed by atoms with Gasteiger partial charge in [0.2, 0.25) is 0 Å². The molecule has 88 valence electrons. The third kappa shape index (κ3) is 3.93. The zero-order valence-corrected chi connectivity index (χ0v) is 11.2. The van der Waals surface area contributed by atoms with Crippen LogP contribution in [0.4, 0.5) is 0 Å². The summed E-state index contributed by atoms with van der Waals surface area (Å²) in [6.45, 7) is 5.82. The lowest BCUT2D eigenvalue weighted by molar-refractivity contribution is 0.199.